The zero-order valence-corrected chi connectivity index (χ0v) is 11.8. The minimum absolute atomic E-state index is 0.568. The van der Waals surface area contributed by atoms with Crippen molar-refractivity contribution in [1.29, 1.82) is 0 Å². The van der Waals surface area contributed by atoms with Crippen LogP contribution in [0.4, 0.5) is 5.69 Å². The summed E-state index contributed by atoms with van der Waals surface area (Å²) < 4.78 is 10.00. The van der Waals surface area contributed by atoms with E-state index in [0.717, 1.165) is 11.3 Å². The molecule has 0 aliphatic carbocycles. The topological polar surface area (TPSA) is 77.9 Å². The third kappa shape index (κ3) is 3.01. The summed E-state index contributed by atoms with van der Waals surface area (Å²) in [5, 5.41) is 0. The molecule has 6 nitrogen and oxygen atoms in total. The van der Waals surface area contributed by atoms with Gasteiger partial charge in [-0.3, -0.25) is 19.6 Å². The molecule has 0 bridgehead atoms. The van der Waals surface area contributed by atoms with Crippen molar-refractivity contribution in [3.05, 3.63) is 23.5 Å². The first-order chi connectivity index (χ1) is 9.28. The Kier molecular flexibility index (Phi) is 3.57. The summed E-state index contributed by atoms with van der Waals surface area (Å²) in [5.41, 5.74) is 2.45. The largest absolute Gasteiger partial charge is 0.422 e. The van der Waals surface area contributed by atoms with Crippen LogP contribution in [-0.4, -0.2) is 28.9 Å². The van der Waals surface area contributed by atoms with Gasteiger partial charge in [-0.25, -0.2) is 0 Å². The van der Waals surface area contributed by atoms with Gasteiger partial charge in [0.05, 0.1) is 11.9 Å². The lowest BCUT2D eigenvalue weighted by molar-refractivity contribution is -0.235. The number of aryl methyl sites for hydroxylation is 2. The summed E-state index contributed by atoms with van der Waals surface area (Å²) in [4.78, 5) is 31.7. The van der Waals surface area contributed by atoms with E-state index in [1.54, 1.807) is 6.20 Å². The number of esters is 2. The number of hydrogen-bond donors (Lipinski definition) is 0. The van der Waals surface area contributed by atoms with E-state index >= 15 is 0 Å². The second kappa shape index (κ2) is 5.03. The first kappa shape index (κ1) is 14.2. The molecule has 1 aliphatic rings. The molecule has 0 spiro atoms. The zero-order valence-electron chi connectivity index (χ0n) is 11.8. The zero-order chi connectivity index (χ0) is 14.9. The van der Waals surface area contributed by atoms with Crippen molar-refractivity contribution >= 4 is 23.8 Å². The van der Waals surface area contributed by atoms with Gasteiger partial charge in [0.15, 0.2) is 5.92 Å². The van der Waals surface area contributed by atoms with Crippen molar-refractivity contribution in [2.75, 3.05) is 0 Å². The lowest BCUT2D eigenvalue weighted by atomic mass is 10.1. The molecule has 20 heavy (non-hydrogen) atoms. The van der Waals surface area contributed by atoms with Crippen LogP contribution in [0.3, 0.4) is 0 Å². The SMILES string of the molecule is Cc1cc(/N=C/C2C(=O)OC(C)(C)OC2=O)cnc1C. The lowest BCUT2D eigenvalue weighted by Gasteiger charge is -2.31. The number of carbonyl (C=O) groups excluding carboxylic acids is 2. The predicted molar refractivity (Wildman–Crippen MR) is 71.6 cm³/mol. The average Bonchev–Trinajstić information content (AvgIpc) is 2.31. The van der Waals surface area contributed by atoms with E-state index in [-0.39, 0.29) is 0 Å². The van der Waals surface area contributed by atoms with Gasteiger partial charge < -0.3 is 9.47 Å². The Bertz CT molecular complexity index is 573. The highest BCUT2D eigenvalue weighted by molar-refractivity contribution is 6.10. The summed E-state index contributed by atoms with van der Waals surface area (Å²) in [5.74, 6) is -3.68. The molecule has 106 valence electrons. The van der Waals surface area contributed by atoms with Crippen LogP contribution in [0.25, 0.3) is 0 Å². The van der Waals surface area contributed by atoms with E-state index in [0.29, 0.717) is 5.69 Å². The number of hydrogen-bond acceptors (Lipinski definition) is 6. The molecule has 1 aliphatic heterocycles. The van der Waals surface area contributed by atoms with Crippen LogP contribution >= 0.6 is 0 Å². The normalized spacial score (nSPS) is 19.0. The van der Waals surface area contributed by atoms with E-state index < -0.39 is 23.6 Å². The van der Waals surface area contributed by atoms with Crippen LogP contribution in [0.1, 0.15) is 25.1 Å². The summed E-state index contributed by atoms with van der Waals surface area (Å²) >= 11 is 0. The third-order valence-electron chi connectivity index (χ3n) is 2.90. The van der Waals surface area contributed by atoms with Gasteiger partial charge in [0.25, 0.3) is 5.79 Å². The van der Waals surface area contributed by atoms with Gasteiger partial charge in [0.1, 0.15) is 0 Å². The van der Waals surface area contributed by atoms with Gasteiger partial charge in [-0.1, -0.05) is 0 Å². The molecule has 0 aromatic carbocycles. The maximum Gasteiger partial charge on any atom is 0.329 e. The molecular weight excluding hydrogens is 260 g/mol. The van der Waals surface area contributed by atoms with E-state index in [4.69, 9.17) is 9.47 Å². The molecule has 1 aromatic rings. The molecule has 0 radical (unpaired) electrons. The summed E-state index contributed by atoms with van der Waals surface area (Å²) in [6.45, 7) is 6.81. The molecule has 6 heteroatoms. The number of aliphatic imine (C=N–C) groups is 1. The van der Waals surface area contributed by atoms with Crippen LogP contribution in [0.15, 0.2) is 17.3 Å². The first-order valence-electron chi connectivity index (χ1n) is 6.22. The highest BCUT2D eigenvalue weighted by atomic mass is 16.7. The molecule has 0 amide bonds. The maximum atomic E-state index is 11.7. The Labute approximate surface area is 116 Å². The summed E-state index contributed by atoms with van der Waals surface area (Å²) in [7, 11) is 0. The molecule has 1 aromatic heterocycles. The van der Waals surface area contributed by atoms with Crippen molar-refractivity contribution in [3.63, 3.8) is 0 Å². The monoisotopic (exact) mass is 276 g/mol. The number of nitrogens with zero attached hydrogens (tertiary/aromatic N) is 2. The Morgan fingerprint density at radius 3 is 2.40 bits per heavy atom. The minimum Gasteiger partial charge on any atom is -0.422 e. The fourth-order valence-corrected chi connectivity index (χ4v) is 1.71. The van der Waals surface area contributed by atoms with E-state index in [2.05, 4.69) is 9.98 Å². The van der Waals surface area contributed by atoms with Crippen molar-refractivity contribution < 1.29 is 19.1 Å². The Morgan fingerprint density at radius 1 is 1.25 bits per heavy atom. The maximum absolute atomic E-state index is 11.7. The Morgan fingerprint density at radius 2 is 1.85 bits per heavy atom. The molecule has 0 N–H and O–H groups in total. The number of ether oxygens (including phenoxy) is 2. The summed E-state index contributed by atoms with van der Waals surface area (Å²) in [6, 6.07) is 1.82. The molecule has 1 saturated heterocycles. The molecule has 2 heterocycles. The molecule has 1 fully saturated rings. The number of carbonyl (C=O) groups is 2. The van der Waals surface area contributed by atoms with Crippen molar-refractivity contribution in [1.82, 2.24) is 4.98 Å². The van der Waals surface area contributed by atoms with Crippen molar-refractivity contribution in [2.24, 2.45) is 10.9 Å². The summed E-state index contributed by atoms with van der Waals surface area (Å²) in [6.07, 6.45) is 2.80. The number of rotatable bonds is 2. The molecular formula is C14H16N2O4. The van der Waals surface area contributed by atoms with Gasteiger partial charge in [0, 0.05) is 25.8 Å². The smallest absolute Gasteiger partial charge is 0.329 e. The number of cyclic esters (lactones) is 2. The van der Waals surface area contributed by atoms with Gasteiger partial charge >= 0.3 is 11.9 Å². The number of aromatic nitrogens is 1. The van der Waals surface area contributed by atoms with Gasteiger partial charge in [-0.05, 0) is 25.5 Å². The molecule has 2 rings (SSSR count). The highest BCUT2D eigenvalue weighted by Gasteiger charge is 2.42. The van der Waals surface area contributed by atoms with Gasteiger partial charge in [0.2, 0.25) is 0 Å². The van der Waals surface area contributed by atoms with Crippen LogP contribution in [0.2, 0.25) is 0 Å². The second-order valence-electron chi connectivity index (χ2n) is 5.09. The molecule has 0 atom stereocenters. The quantitative estimate of drug-likeness (QED) is 0.468. The minimum atomic E-state index is -1.22. The second-order valence-corrected chi connectivity index (χ2v) is 5.09. The highest BCUT2D eigenvalue weighted by Crippen LogP contribution is 2.23. The third-order valence-corrected chi connectivity index (χ3v) is 2.90. The molecule has 0 unspecified atom stereocenters. The van der Waals surface area contributed by atoms with Crippen molar-refractivity contribution in [3.8, 4) is 0 Å². The molecule has 0 saturated carbocycles. The number of pyridine rings is 1. The Hall–Kier alpha value is -2.24. The van der Waals surface area contributed by atoms with Gasteiger partial charge in [-0.2, -0.15) is 0 Å². The van der Waals surface area contributed by atoms with Crippen LogP contribution < -0.4 is 0 Å². The van der Waals surface area contributed by atoms with E-state index in [9.17, 15) is 9.59 Å². The predicted octanol–water partition coefficient (Wildman–Crippen LogP) is 1.85. The first-order valence-corrected chi connectivity index (χ1v) is 6.22. The van der Waals surface area contributed by atoms with E-state index in [1.165, 1.54) is 20.1 Å². The fourth-order valence-electron chi connectivity index (χ4n) is 1.71. The van der Waals surface area contributed by atoms with Crippen LogP contribution in [0, 0.1) is 19.8 Å². The van der Waals surface area contributed by atoms with E-state index in [1.807, 2.05) is 19.9 Å². The van der Waals surface area contributed by atoms with Crippen molar-refractivity contribution in [2.45, 2.75) is 33.5 Å². The Balaban J connectivity index is 2.16. The average molecular weight is 276 g/mol. The van der Waals surface area contributed by atoms with Crippen LogP contribution in [0.5, 0.6) is 0 Å². The van der Waals surface area contributed by atoms with Gasteiger partial charge in [-0.15, -0.1) is 0 Å². The lowest BCUT2D eigenvalue weighted by Crippen LogP contribution is -2.46. The standard InChI is InChI=1S/C14H16N2O4/c1-8-5-10(6-15-9(8)2)16-7-11-12(17)19-14(3,4)20-13(11)18/h5-7,11H,1-4H3/b16-7+. The fraction of sp³-hybridized carbons (Fsp3) is 0.429. The van der Waals surface area contributed by atoms with Crippen LogP contribution in [-0.2, 0) is 19.1 Å².